The molecule has 1 amide bonds. The van der Waals surface area contributed by atoms with Gasteiger partial charge in [-0.3, -0.25) is 9.48 Å². The first-order valence-electron chi connectivity index (χ1n) is 8.46. The van der Waals surface area contributed by atoms with E-state index in [0.717, 1.165) is 10.9 Å². The number of halogens is 5. The number of carbonyl (C=O) groups excluding carboxylic acids is 1. The van der Waals surface area contributed by atoms with Gasteiger partial charge in [-0.15, -0.1) is 0 Å². The molecule has 1 heterocycles. The van der Waals surface area contributed by atoms with E-state index in [1.807, 2.05) is 13.8 Å². The van der Waals surface area contributed by atoms with Gasteiger partial charge in [0.25, 0.3) is 12.3 Å². The monoisotopic (exact) mass is 405 g/mol. The Hall–Kier alpha value is -2.49. The van der Waals surface area contributed by atoms with Crippen molar-refractivity contribution in [2.45, 2.75) is 39.1 Å². The molecule has 0 saturated heterocycles. The number of nitrogens with zero attached hydrogens (tertiary/aromatic N) is 2. The number of hydrogen-bond donors (Lipinski definition) is 1. The smallest absolute Gasteiger partial charge is 0.354 e. The van der Waals surface area contributed by atoms with Gasteiger partial charge in [0.1, 0.15) is 12.3 Å². The molecule has 1 aromatic carbocycles. The third-order valence-electron chi connectivity index (χ3n) is 3.64. The van der Waals surface area contributed by atoms with E-state index < -0.39 is 36.9 Å². The van der Waals surface area contributed by atoms with Crippen LogP contribution in [0.15, 0.2) is 36.5 Å². The first kappa shape index (κ1) is 21.8. The summed E-state index contributed by atoms with van der Waals surface area (Å²) in [4.78, 5) is 12.6. The Morgan fingerprint density at radius 3 is 2.39 bits per heavy atom. The van der Waals surface area contributed by atoms with Crippen molar-refractivity contribution in [3.63, 3.8) is 0 Å². The summed E-state index contributed by atoms with van der Waals surface area (Å²) in [7, 11) is 0. The van der Waals surface area contributed by atoms with Crippen LogP contribution < -0.4 is 5.32 Å². The van der Waals surface area contributed by atoms with Crippen LogP contribution in [-0.2, 0) is 16.1 Å². The van der Waals surface area contributed by atoms with Crippen LogP contribution >= 0.6 is 0 Å². The molecular weight excluding hydrogens is 385 g/mol. The highest BCUT2D eigenvalue weighted by atomic mass is 19.4. The molecule has 0 unspecified atom stereocenters. The van der Waals surface area contributed by atoms with E-state index in [-0.39, 0.29) is 23.7 Å². The summed E-state index contributed by atoms with van der Waals surface area (Å²) in [6.07, 6.45) is -8.15. The number of carbonyl (C=O) groups is 1. The van der Waals surface area contributed by atoms with Crippen molar-refractivity contribution in [3.8, 4) is 0 Å². The van der Waals surface area contributed by atoms with Crippen molar-refractivity contribution in [2.75, 3.05) is 11.9 Å². The van der Waals surface area contributed by atoms with Crippen molar-refractivity contribution in [1.82, 2.24) is 9.78 Å². The van der Waals surface area contributed by atoms with Gasteiger partial charge in [-0.25, -0.2) is 8.78 Å². The number of alkyl halides is 5. The van der Waals surface area contributed by atoms with E-state index in [0.29, 0.717) is 0 Å². The number of aromatic nitrogens is 2. The molecule has 0 saturated carbocycles. The minimum absolute atomic E-state index is 0.0214. The highest BCUT2D eigenvalue weighted by Crippen LogP contribution is 2.30. The molecule has 1 atom stereocenters. The molecule has 28 heavy (non-hydrogen) atoms. The number of hydrogen-bond acceptors (Lipinski definition) is 3. The molecule has 0 aliphatic heterocycles. The van der Waals surface area contributed by atoms with E-state index >= 15 is 0 Å². The van der Waals surface area contributed by atoms with Crippen molar-refractivity contribution < 1.29 is 31.5 Å². The maximum Gasteiger partial charge on any atom is 0.411 e. The van der Waals surface area contributed by atoms with Gasteiger partial charge in [-0.2, -0.15) is 18.3 Å². The quantitative estimate of drug-likeness (QED) is 0.646. The fourth-order valence-corrected chi connectivity index (χ4v) is 2.54. The lowest BCUT2D eigenvalue weighted by Gasteiger charge is -2.19. The number of amides is 1. The fraction of sp³-hybridized carbons (Fsp3) is 0.444. The van der Waals surface area contributed by atoms with Crippen LogP contribution in [0.2, 0.25) is 0 Å². The second kappa shape index (κ2) is 9.13. The molecule has 0 bridgehead atoms. The van der Waals surface area contributed by atoms with Crippen molar-refractivity contribution >= 4 is 11.6 Å². The van der Waals surface area contributed by atoms with Gasteiger partial charge in [-0.05, 0) is 11.5 Å². The van der Waals surface area contributed by atoms with Crippen molar-refractivity contribution in [3.05, 3.63) is 47.8 Å². The second-order valence-corrected chi connectivity index (χ2v) is 6.53. The molecule has 0 aliphatic carbocycles. The summed E-state index contributed by atoms with van der Waals surface area (Å²) in [6, 6.07) is 7.50. The zero-order chi connectivity index (χ0) is 20.9. The molecule has 5 nitrogen and oxygen atoms in total. The van der Waals surface area contributed by atoms with Gasteiger partial charge in [0.15, 0.2) is 6.10 Å². The maximum absolute atomic E-state index is 13.5. The lowest BCUT2D eigenvalue weighted by molar-refractivity contribution is -0.187. The Bertz CT molecular complexity index is 775. The van der Waals surface area contributed by atoms with E-state index in [4.69, 9.17) is 4.74 Å². The van der Waals surface area contributed by atoms with Gasteiger partial charge < -0.3 is 10.1 Å². The van der Waals surface area contributed by atoms with Crippen molar-refractivity contribution in [1.29, 1.82) is 0 Å². The average molecular weight is 405 g/mol. The highest BCUT2D eigenvalue weighted by Gasteiger charge is 2.33. The summed E-state index contributed by atoms with van der Waals surface area (Å²) >= 11 is 0. The van der Waals surface area contributed by atoms with E-state index in [1.54, 1.807) is 6.07 Å². The normalized spacial score (nSPS) is 13.2. The van der Waals surface area contributed by atoms with Crippen LogP contribution in [-0.4, -0.2) is 28.5 Å². The molecule has 1 aromatic heterocycles. The number of ether oxygens (including phenoxy) is 1. The third kappa shape index (κ3) is 6.01. The third-order valence-corrected chi connectivity index (χ3v) is 3.64. The standard InChI is InChI=1S/C18H20F5N3O2/c1-11(2)9-26-14(16(19)20)13(8-24-26)25-17(27)15(28-10-18(21,22)23)12-6-4-3-5-7-12/h3-8,11,15-16H,9-10H2,1-2H3,(H,25,27)/t15-/m1/s1. The predicted molar refractivity (Wildman–Crippen MR) is 91.8 cm³/mol. The minimum atomic E-state index is -4.65. The number of nitrogens with one attached hydrogen (secondary N) is 1. The number of anilines is 1. The van der Waals surface area contributed by atoms with Crippen LogP contribution in [0.4, 0.5) is 27.6 Å². The second-order valence-electron chi connectivity index (χ2n) is 6.53. The summed E-state index contributed by atoms with van der Waals surface area (Å²) in [5.74, 6) is -0.977. The molecule has 10 heteroatoms. The molecule has 1 N–H and O–H groups in total. The van der Waals surface area contributed by atoms with Gasteiger partial charge >= 0.3 is 6.18 Å². The average Bonchev–Trinajstić information content (AvgIpc) is 2.96. The van der Waals surface area contributed by atoms with Crippen LogP contribution in [0.5, 0.6) is 0 Å². The first-order valence-corrected chi connectivity index (χ1v) is 8.46. The maximum atomic E-state index is 13.5. The molecule has 0 spiro atoms. The highest BCUT2D eigenvalue weighted by molar-refractivity contribution is 5.95. The lowest BCUT2D eigenvalue weighted by Crippen LogP contribution is -2.28. The Labute approximate surface area is 158 Å². The summed E-state index contributed by atoms with van der Waals surface area (Å²) in [6.45, 7) is 2.16. The zero-order valence-corrected chi connectivity index (χ0v) is 15.2. The number of rotatable bonds is 8. The topological polar surface area (TPSA) is 56.2 Å². The van der Waals surface area contributed by atoms with Crippen LogP contribution in [0, 0.1) is 5.92 Å². The van der Waals surface area contributed by atoms with Crippen LogP contribution in [0.25, 0.3) is 0 Å². The van der Waals surface area contributed by atoms with Crippen LogP contribution in [0.3, 0.4) is 0 Å². The van der Waals surface area contributed by atoms with Gasteiger partial charge in [0, 0.05) is 6.54 Å². The van der Waals surface area contributed by atoms with Crippen molar-refractivity contribution in [2.24, 2.45) is 5.92 Å². The summed E-state index contributed by atoms with van der Waals surface area (Å²) in [5, 5.41) is 6.07. The fourth-order valence-electron chi connectivity index (χ4n) is 2.54. The first-order chi connectivity index (χ1) is 13.1. The lowest BCUT2D eigenvalue weighted by atomic mass is 10.1. The predicted octanol–water partition coefficient (Wildman–Crippen LogP) is 4.74. The largest absolute Gasteiger partial charge is 0.411 e. The molecule has 154 valence electrons. The molecule has 2 aromatic rings. The Morgan fingerprint density at radius 2 is 1.86 bits per heavy atom. The molecule has 0 aliphatic rings. The molecule has 0 radical (unpaired) electrons. The van der Waals surface area contributed by atoms with E-state index in [1.165, 1.54) is 24.3 Å². The van der Waals surface area contributed by atoms with E-state index in [9.17, 15) is 26.7 Å². The molecule has 2 rings (SSSR count). The number of benzene rings is 1. The van der Waals surface area contributed by atoms with Gasteiger partial charge in [-0.1, -0.05) is 44.2 Å². The van der Waals surface area contributed by atoms with Gasteiger partial charge in [0.2, 0.25) is 0 Å². The molecular formula is C18H20F5N3O2. The Kier molecular flexibility index (Phi) is 7.11. The van der Waals surface area contributed by atoms with Gasteiger partial charge in [0.05, 0.1) is 11.9 Å². The van der Waals surface area contributed by atoms with E-state index in [2.05, 4.69) is 10.4 Å². The molecule has 0 fully saturated rings. The Morgan fingerprint density at radius 1 is 1.21 bits per heavy atom. The minimum Gasteiger partial charge on any atom is -0.354 e. The Balaban J connectivity index is 2.27. The SMILES string of the molecule is CC(C)Cn1ncc(NC(=O)[C@H](OCC(F)(F)F)c2ccccc2)c1C(F)F. The summed E-state index contributed by atoms with van der Waals surface area (Å²) < 4.78 is 70.4. The summed E-state index contributed by atoms with van der Waals surface area (Å²) in [5.41, 5.74) is -0.612. The zero-order valence-electron chi connectivity index (χ0n) is 15.2. The van der Waals surface area contributed by atoms with Crippen LogP contribution in [0.1, 0.15) is 37.6 Å².